The summed E-state index contributed by atoms with van der Waals surface area (Å²) in [6.45, 7) is 6.96. The van der Waals surface area contributed by atoms with Crippen LogP contribution in [-0.4, -0.2) is 6.29 Å². The summed E-state index contributed by atoms with van der Waals surface area (Å²) in [6.07, 6.45) is 4.90. The Labute approximate surface area is 49.7 Å². The van der Waals surface area contributed by atoms with Crippen LogP contribution in [0, 0.1) is 5.92 Å². The molecule has 0 aromatic carbocycles. The summed E-state index contributed by atoms with van der Waals surface area (Å²) in [5.41, 5.74) is 0. The lowest BCUT2D eigenvalue weighted by Gasteiger charge is -1.94. The molecule has 0 aromatic heterocycles. The lowest BCUT2D eigenvalue weighted by molar-refractivity contribution is -0.109. The molecule has 0 N–H and O–H groups in total. The van der Waals surface area contributed by atoms with E-state index in [4.69, 9.17) is 0 Å². The summed E-state index contributed by atoms with van der Waals surface area (Å²) in [6, 6.07) is 0. The molecule has 1 nitrogen and oxygen atoms in total. The van der Waals surface area contributed by atoms with Gasteiger partial charge in [0.05, 0.1) is 0 Å². The number of allylic oxidation sites excluding steroid dienone is 2. The highest BCUT2D eigenvalue weighted by Gasteiger charge is 1.94. The zero-order valence-electron chi connectivity index (χ0n) is 4.84. The second-order valence-corrected chi connectivity index (χ2v) is 1.56. The molecule has 0 aliphatic carbocycles. The van der Waals surface area contributed by atoms with E-state index in [-0.39, 0.29) is 5.92 Å². The highest BCUT2D eigenvalue weighted by atomic mass is 16.1. The highest BCUT2D eigenvalue weighted by molar-refractivity contribution is 5.56. The summed E-state index contributed by atoms with van der Waals surface area (Å²) in [5.74, 6) is -0.0347. The normalized spacial score (nSPS) is 12.0. The van der Waals surface area contributed by atoms with Gasteiger partial charge in [0.1, 0.15) is 6.29 Å². The van der Waals surface area contributed by atoms with Gasteiger partial charge in [-0.3, -0.25) is 0 Å². The summed E-state index contributed by atoms with van der Waals surface area (Å²) in [7, 11) is 0. The Morgan fingerprint density at radius 1 is 1.50 bits per heavy atom. The average Bonchev–Trinajstić information content (AvgIpc) is 1.83. The van der Waals surface area contributed by atoms with Gasteiger partial charge in [-0.25, -0.2) is 0 Å². The van der Waals surface area contributed by atoms with Gasteiger partial charge >= 0.3 is 0 Å². The molecule has 0 radical (unpaired) electrons. The van der Waals surface area contributed by atoms with Crippen LogP contribution in [0.4, 0.5) is 0 Å². The van der Waals surface area contributed by atoms with Crippen molar-refractivity contribution in [3.05, 3.63) is 25.3 Å². The van der Waals surface area contributed by atoms with Gasteiger partial charge in [0.2, 0.25) is 0 Å². The fraction of sp³-hybridized carbons (Fsp3) is 0.286. The van der Waals surface area contributed by atoms with Gasteiger partial charge in [0.25, 0.3) is 0 Å². The van der Waals surface area contributed by atoms with E-state index in [0.717, 1.165) is 6.29 Å². The first-order valence-corrected chi connectivity index (χ1v) is 2.54. The maximum atomic E-state index is 10.0. The number of rotatable bonds is 4. The van der Waals surface area contributed by atoms with E-state index in [1.54, 1.807) is 12.2 Å². The minimum atomic E-state index is -0.0347. The maximum Gasteiger partial charge on any atom is 0.127 e. The lowest BCUT2D eigenvalue weighted by atomic mass is 10.1. The van der Waals surface area contributed by atoms with Crippen LogP contribution in [0.3, 0.4) is 0 Å². The third-order valence-corrected chi connectivity index (χ3v) is 0.916. The SMILES string of the molecule is C=CC[C@@H](C=C)C=O. The fourth-order valence-electron chi connectivity index (χ4n) is 0.400. The molecule has 0 aromatic rings. The number of hydrogen-bond donors (Lipinski definition) is 0. The zero-order chi connectivity index (χ0) is 6.41. The van der Waals surface area contributed by atoms with Crippen LogP contribution in [-0.2, 0) is 4.79 Å². The third kappa shape index (κ3) is 2.35. The minimum Gasteiger partial charge on any atom is -0.303 e. The van der Waals surface area contributed by atoms with Gasteiger partial charge in [0, 0.05) is 5.92 Å². The first kappa shape index (κ1) is 7.15. The molecule has 8 heavy (non-hydrogen) atoms. The molecule has 0 aliphatic heterocycles. The predicted molar refractivity (Wildman–Crippen MR) is 34.6 cm³/mol. The second-order valence-electron chi connectivity index (χ2n) is 1.56. The van der Waals surface area contributed by atoms with Crippen molar-refractivity contribution in [1.82, 2.24) is 0 Å². The molecule has 0 saturated carbocycles. The molecule has 0 amide bonds. The largest absolute Gasteiger partial charge is 0.303 e. The first-order valence-electron chi connectivity index (χ1n) is 2.54. The zero-order valence-corrected chi connectivity index (χ0v) is 4.84. The van der Waals surface area contributed by atoms with Gasteiger partial charge in [-0.1, -0.05) is 12.2 Å². The lowest BCUT2D eigenvalue weighted by Crippen LogP contribution is -1.93. The van der Waals surface area contributed by atoms with Crippen LogP contribution in [0.1, 0.15) is 6.42 Å². The van der Waals surface area contributed by atoms with E-state index >= 15 is 0 Å². The Kier molecular flexibility index (Phi) is 3.85. The molecule has 0 aliphatic rings. The van der Waals surface area contributed by atoms with Crippen molar-refractivity contribution in [2.24, 2.45) is 5.92 Å². The Morgan fingerprint density at radius 2 is 2.12 bits per heavy atom. The molecule has 1 heteroatoms. The number of hydrogen-bond acceptors (Lipinski definition) is 1. The van der Waals surface area contributed by atoms with E-state index in [2.05, 4.69) is 13.2 Å². The van der Waals surface area contributed by atoms with Gasteiger partial charge < -0.3 is 4.79 Å². The number of carbonyl (C=O) groups excluding carboxylic acids is 1. The summed E-state index contributed by atoms with van der Waals surface area (Å²) in [4.78, 5) is 10.0. The van der Waals surface area contributed by atoms with Crippen LogP contribution in [0.15, 0.2) is 25.3 Å². The predicted octanol–water partition coefficient (Wildman–Crippen LogP) is 1.56. The first-order chi connectivity index (χ1) is 3.85. The smallest absolute Gasteiger partial charge is 0.127 e. The van der Waals surface area contributed by atoms with E-state index in [1.165, 1.54) is 0 Å². The molecular weight excluding hydrogens is 100 g/mol. The quantitative estimate of drug-likeness (QED) is 0.396. The van der Waals surface area contributed by atoms with Gasteiger partial charge in [0.15, 0.2) is 0 Å². The van der Waals surface area contributed by atoms with Gasteiger partial charge in [-0.05, 0) is 6.42 Å². The number of carbonyl (C=O) groups is 1. The van der Waals surface area contributed by atoms with Crippen molar-refractivity contribution >= 4 is 6.29 Å². The van der Waals surface area contributed by atoms with Crippen molar-refractivity contribution in [3.63, 3.8) is 0 Å². The third-order valence-electron chi connectivity index (χ3n) is 0.916. The minimum absolute atomic E-state index is 0.0347. The average molecular weight is 110 g/mol. The molecule has 0 unspecified atom stereocenters. The van der Waals surface area contributed by atoms with Gasteiger partial charge in [-0.15, -0.1) is 13.2 Å². The molecule has 0 saturated heterocycles. The number of aldehydes is 1. The molecule has 1 atom stereocenters. The Hall–Kier alpha value is -0.850. The van der Waals surface area contributed by atoms with Crippen LogP contribution >= 0.6 is 0 Å². The van der Waals surface area contributed by atoms with Crippen LogP contribution in [0.25, 0.3) is 0 Å². The molecule has 0 bridgehead atoms. The van der Waals surface area contributed by atoms with E-state index in [0.29, 0.717) is 6.42 Å². The summed E-state index contributed by atoms with van der Waals surface area (Å²) < 4.78 is 0. The van der Waals surface area contributed by atoms with E-state index < -0.39 is 0 Å². The molecule has 0 fully saturated rings. The van der Waals surface area contributed by atoms with Crippen molar-refractivity contribution in [2.75, 3.05) is 0 Å². The summed E-state index contributed by atoms with van der Waals surface area (Å²) in [5, 5.41) is 0. The molecular formula is C7H10O. The maximum absolute atomic E-state index is 10.0. The van der Waals surface area contributed by atoms with Crippen molar-refractivity contribution in [2.45, 2.75) is 6.42 Å². The van der Waals surface area contributed by atoms with Crippen molar-refractivity contribution in [1.29, 1.82) is 0 Å². The Balaban J connectivity index is 3.50. The van der Waals surface area contributed by atoms with Crippen molar-refractivity contribution in [3.8, 4) is 0 Å². The van der Waals surface area contributed by atoms with E-state index in [9.17, 15) is 4.79 Å². The topological polar surface area (TPSA) is 17.1 Å². The molecule has 0 rings (SSSR count). The Morgan fingerprint density at radius 3 is 2.25 bits per heavy atom. The van der Waals surface area contributed by atoms with Crippen LogP contribution < -0.4 is 0 Å². The molecule has 44 valence electrons. The summed E-state index contributed by atoms with van der Waals surface area (Å²) >= 11 is 0. The molecule has 0 spiro atoms. The fourth-order valence-corrected chi connectivity index (χ4v) is 0.400. The second kappa shape index (κ2) is 4.31. The molecule has 0 heterocycles. The van der Waals surface area contributed by atoms with Crippen molar-refractivity contribution < 1.29 is 4.79 Å². The monoisotopic (exact) mass is 110 g/mol. The Bertz CT molecular complexity index is 86.6. The van der Waals surface area contributed by atoms with Gasteiger partial charge in [-0.2, -0.15) is 0 Å². The standard InChI is InChI=1S/C7H10O/c1-3-5-7(4-2)6-8/h3-4,6-7H,1-2,5H2/t7-/m1/s1. The van der Waals surface area contributed by atoms with Crippen LogP contribution in [0.5, 0.6) is 0 Å². The highest BCUT2D eigenvalue weighted by Crippen LogP contribution is 1.98. The van der Waals surface area contributed by atoms with Crippen LogP contribution in [0.2, 0.25) is 0 Å². The van der Waals surface area contributed by atoms with E-state index in [1.807, 2.05) is 0 Å².